The molecule has 3 aromatic rings. The molecule has 0 spiro atoms. The number of fused-ring (bicyclic) bond motifs is 1. The number of carbonyl (C=O) groups excluding carboxylic acids is 1. The van der Waals surface area contributed by atoms with Crippen LogP contribution in [0.1, 0.15) is 50.5 Å². The summed E-state index contributed by atoms with van der Waals surface area (Å²) >= 11 is 1.43. The number of likely N-dealkylation sites (N-methyl/N-ethyl adjacent to an activating group) is 1. The van der Waals surface area contributed by atoms with Crippen molar-refractivity contribution in [3.05, 3.63) is 52.1 Å². The second-order valence-corrected chi connectivity index (χ2v) is 9.56. The fourth-order valence-corrected chi connectivity index (χ4v) is 5.42. The van der Waals surface area contributed by atoms with Gasteiger partial charge in [0.05, 0.1) is 6.04 Å². The first-order valence-corrected chi connectivity index (χ1v) is 12.2. The van der Waals surface area contributed by atoms with Gasteiger partial charge in [-0.3, -0.25) is 14.2 Å². The highest BCUT2D eigenvalue weighted by atomic mass is 32.1. The van der Waals surface area contributed by atoms with Gasteiger partial charge in [0.1, 0.15) is 5.82 Å². The molecule has 1 atom stereocenters. The van der Waals surface area contributed by atoms with Crippen molar-refractivity contribution in [3.63, 3.8) is 0 Å². The first-order chi connectivity index (χ1) is 15.5. The average molecular weight is 454 g/mol. The Bertz CT molecular complexity index is 1140. The van der Waals surface area contributed by atoms with E-state index in [-0.39, 0.29) is 23.4 Å². The van der Waals surface area contributed by atoms with Gasteiger partial charge in [-0.25, -0.2) is 9.97 Å². The van der Waals surface area contributed by atoms with E-state index in [0.29, 0.717) is 23.2 Å². The fraction of sp³-hybridized carbons (Fsp3) is 0.500. The molecule has 1 fully saturated rings. The van der Waals surface area contributed by atoms with E-state index in [0.717, 1.165) is 43.3 Å². The second kappa shape index (κ2) is 9.92. The summed E-state index contributed by atoms with van der Waals surface area (Å²) in [6.07, 6.45) is 3.73. The zero-order chi connectivity index (χ0) is 22.7. The molecule has 4 rings (SSSR count). The van der Waals surface area contributed by atoms with Crippen LogP contribution in [0.4, 0.5) is 5.13 Å². The van der Waals surface area contributed by atoms with E-state index in [9.17, 15) is 9.59 Å². The first-order valence-electron chi connectivity index (χ1n) is 11.4. The number of Topliss-reactive ketones (excluding diaryl/α,β-unsaturated/α-hetero) is 1. The Morgan fingerprint density at radius 2 is 2.00 bits per heavy atom. The second-order valence-electron chi connectivity index (χ2n) is 8.60. The van der Waals surface area contributed by atoms with Crippen LogP contribution in [0.15, 0.2) is 35.1 Å². The molecule has 1 aromatic carbocycles. The van der Waals surface area contributed by atoms with Gasteiger partial charge in [0.15, 0.2) is 21.3 Å². The molecule has 1 saturated heterocycles. The Morgan fingerprint density at radius 3 is 2.72 bits per heavy atom. The van der Waals surface area contributed by atoms with E-state index in [1.165, 1.54) is 16.9 Å². The Labute approximate surface area is 192 Å². The predicted octanol–water partition coefficient (Wildman–Crippen LogP) is 3.37. The summed E-state index contributed by atoms with van der Waals surface area (Å²) in [6, 6.07) is 9.96. The van der Waals surface area contributed by atoms with Crippen molar-refractivity contribution in [3.8, 4) is 0 Å². The van der Waals surface area contributed by atoms with Crippen molar-refractivity contribution in [2.24, 2.45) is 0 Å². The van der Waals surface area contributed by atoms with Crippen molar-refractivity contribution in [1.82, 2.24) is 19.9 Å². The molecule has 3 heterocycles. The molecular weight excluding hydrogens is 422 g/mol. The van der Waals surface area contributed by atoms with Crippen LogP contribution in [-0.2, 0) is 17.6 Å². The van der Waals surface area contributed by atoms with Crippen LogP contribution in [0.5, 0.6) is 0 Å². The maximum Gasteiger partial charge on any atom is 0.281 e. The maximum atomic E-state index is 13.2. The highest BCUT2D eigenvalue weighted by Crippen LogP contribution is 2.32. The van der Waals surface area contributed by atoms with Gasteiger partial charge < -0.3 is 10.2 Å². The molecule has 1 N–H and O–H groups in total. The van der Waals surface area contributed by atoms with Crippen molar-refractivity contribution >= 4 is 32.6 Å². The summed E-state index contributed by atoms with van der Waals surface area (Å²) in [5, 5.41) is 3.87. The molecule has 1 aliphatic rings. The first kappa shape index (κ1) is 22.6. The van der Waals surface area contributed by atoms with Crippen molar-refractivity contribution in [2.45, 2.75) is 58.0 Å². The molecule has 170 valence electrons. The summed E-state index contributed by atoms with van der Waals surface area (Å²) < 4.78 is 1.75. The van der Waals surface area contributed by atoms with Gasteiger partial charge in [-0.15, -0.1) is 0 Å². The van der Waals surface area contributed by atoms with Crippen LogP contribution in [-0.4, -0.2) is 46.5 Å². The number of ketones is 1. The minimum absolute atomic E-state index is 0.00973. The number of rotatable bonds is 9. The van der Waals surface area contributed by atoms with Gasteiger partial charge in [-0.2, -0.15) is 0 Å². The Kier molecular flexibility index (Phi) is 7.01. The molecule has 0 radical (unpaired) electrons. The fourth-order valence-electron chi connectivity index (χ4n) is 4.40. The zero-order valence-corrected chi connectivity index (χ0v) is 19.8. The summed E-state index contributed by atoms with van der Waals surface area (Å²) in [7, 11) is 1.89. The minimum Gasteiger partial charge on any atom is -0.338 e. The molecule has 0 saturated carbocycles. The highest BCUT2D eigenvalue weighted by Gasteiger charge is 2.33. The standard InChI is InChI=1S/C24H31N5O2S/c1-16(2)29-20(13-14-25-3)26-22-21(23(29)31)27-24(32-22)28-15-7-10-18(28)19(30)12-11-17-8-5-4-6-9-17/h4-6,8-9,16,18,25H,7,10-15H2,1-3H3/t18-/m1/s1. The van der Waals surface area contributed by atoms with Gasteiger partial charge in [-0.1, -0.05) is 41.7 Å². The molecule has 8 heteroatoms. The maximum absolute atomic E-state index is 13.2. The van der Waals surface area contributed by atoms with Crippen LogP contribution in [0.25, 0.3) is 10.3 Å². The lowest BCUT2D eigenvalue weighted by Crippen LogP contribution is -2.36. The number of nitrogens with one attached hydrogen (secondary N) is 1. The van der Waals surface area contributed by atoms with Crippen molar-refractivity contribution in [1.29, 1.82) is 0 Å². The van der Waals surface area contributed by atoms with Crippen LogP contribution in [0.3, 0.4) is 0 Å². The normalized spacial score (nSPS) is 16.4. The van der Waals surface area contributed by atoms with Gasteiger partial charge in [0.25, 0.3) is 5.56 Å². The molecule has 0 aliphatic carbocycles. The molecule has 2 aromatic heterocycles. The lowest BCUT2D eigenvalue weighted by Gasteiger charge is -2.22. The monoisotopic (exact) mass is 453 g/mol. The van der Waals surface area contributed by atoms with Crippen molar-refractivity contribution < 1.29 is 4.79 Å². The van der Waals surface area contributed by atoms with Crippen molar-refractivity contribution in [2.75, 3.05) is 25.0 Å². The number of nitrogens with zero attached hydrogens (tertiary/aromatic N) is 4. The lowest BCUT2D eigenvalue weighted by atomic mass is 10.0. The summed E-state index contributed by atoms with van der Waals surface area (Å²) in [6.45, 7) is 5.52. The zero-order valence-electron chi connectivity index (χ0n) is 19.0. The summed E-state index contributed by atoms with van der Waals surface area (Å²) in [4.78, 5) is 38.5. The Morgan fingerprint density at radius 1 is 1.22 bits per heavy atom. The van der Waals surface area contributed by atoms with Crippen LogP contribution < -0.4 is 15.8 Å². The third-order valence-electron chi connectivity index (χ3n) is 6.02. The number of hydrogen-bond donors (Lipinski definition) is 1. The number of aryl methyl sites for hydroxylation is 1. The van der Waals surface area contributed by atoms with Crippen LogP contribution in [0.2, 0.25) is 0 Å². The smallest absolute Gasteiger partial charge is 0.281 e. The SMILES string of the molecule is CNCCc1nc2sc(N3CCC[C@@H]3C(=O)CCc3ccccc3)nc2c(=O)n1C(C)C. The van der Waals surface area contributed by atoms with Gasteiger partial charge >= 0.3 is 0 Å². The van der Waals surface area contributed by atoms with E-state index in [1.54, 1.807) is 4.57 Å². The third-order valence-corrected chi connectivity index (χ3v) is 7.00. The van der Waals surface area contributed by atoms with E-state index < -0.39 is 0 Å². The molecule has 1 aliphatic heterocycles. The van der Waals surface area contributed by atoms with E-state index in [1.807, 2.05) is 39.1 Å². The number of aromatic nitrogens is 3. The number of anilines is 1. The summed E-state index contributed by atoms with van der Waals surface area (Å²) in [5.41, 5.74) is 1.50. The molecule has 7 nitrogen and oxygen atoms in total. The minimum atomic E-state index is -0.171. The Hall–Kier alpha value is -2.58. The number of thiazole rings is 1. The van der Waals surface area contributed by atoms with Crippen LogP contribution in [0, 0.1) is 0 Å². The van der Waals surface area contributed by atoms with Gasteiger partial charge in [-0.05, 0) is 45.7 Å². The van der Waals surface area contributed by atoms with Gasteiger partial charge in [0, 0.05) is 32.0 Å². The molecule has 0 unspecified atom stereocenters. The van der Waals surface area contributed by atoms with Crippen LogP contribution >= 0.6 is 11.3 Å². The topological polar surface area (TPSA) is 80.1 Å². The predicted molar refractivity (Wildman–Crippen MR) is 130 cm³/mol. The van der Waals surface area contributed by atoms with E-state index >= 15 is 0 Å². The molecule has 0 bridgehead atoms. The lowest BCUT2D eigenvalue weighted by molar-refractivity contribution is -0.120. The quantitative estimate of drug-likeness (QED) is 0.535. The molecular formula is C24H31N5O2S. The Balaban J connectivity index is 1.60. The third kappa shape index (κ3) is 4.61. The number of carbonyl (C=O) groups is 1. The van der Waals surface area contributed by atoms with E-state index in [4.69, 9.17) is 9.97 Å². The average Bonchev–Trinajstić information content (AvgIpc) is 3.43. The molecule has 32 heavy (non-hydrogen) atoms. The largest absolute Gasteiger partial charge is 0.338 e. The molecule has 0 amide bonds. The number of hydrogen-bond acceptors (Lipinski definition) is 7. The highest BCUT2D eigenvalue weighted by molar-refractivity contribution is 7.21. The summed E-state index contributed by atoms with van der Waals surface area (Å²) in [5.74, 6) is 1.02. The number of benzene rings is 1. The van der Waals surface area contributed by atoms with E-state index in [2.05, 4.69) is 22.3 Å². The van der Waals surface area contributed by atoms with Gasteiger partial charge in [0.2, 0.25) is 0 Å².